The number of ether oxygens (including phenoxy) is 1. The van der Waals surface area contributed by atoms with Gasteiger partial charge in [0, 0.05) is 13.0 Å². The van der Waals surface area contributed by atoms with Crippen LogP contribution in [-0.2, 0) is 14.3 Å². The summed E-state index contributed by atoms with van der Waals surface area (Å²) in [5.41, 5.74) is 5.09. The summed E-state index contributed by atoms with van der Waals surface area (Å²) in [7, 11) is 0. The molecule has 0 aliphatic heterocycles. The fraction of sp³-hybridized carbons (Fsp3) is 0.818. The molecular weight excluding hydrogens is 210 g/mol. The van der Waals surface area contributed by atoms with Crippen LogP contribution in [0, 0.1) is 11.3 Å². The molecular formula is C11H21NO4. The van der Waals surface area contributed by atoms with Gasteiger partial charge >= 0.3 is 11.9 Å². The third-order valence-electron chi connectivity index (χ3n) is 2.09. The quantitative estimate of drug-likeness (QED) is 0.689. The predicted octanol–water partition coefficient (Wildman–Crippen LogP) is 1.01. The maximum absolute atomic E-state index is 11.4. The van der Waals surface area contributed by atoms with Crippen LogP contribution < -0.4 is 5.73 Å². The number of hydrogen-bond donors (Lipinski definition) is 2. The Bertz CT molecular complexity index is 257. The molecule has 0 saturated carbocycles. The molecule has 2 atom stereocenters. The molecule has 0 rings (SSSR count). The second-order valence-electron chi connectivity index (χ2n) is 5.17. The Labute approximate surface area is 96.0 Å². The first-order valence-corrected chi connectivity index (χ1v) is 5.30. The van der Waals surface area contributed by atoms with E-state index in [-0.39, 0.29) is 18.4 Å². The van der Waals surface area contributed by atoms with E-state index in [1.165, 1.54) is 0 Å². The lowest BCUT2D eigenvalue weighted by atomic mass is 9.89. The zero-order valence-corrected chi connectivity index (χ0v) is 10.3. The standard InChI is InChI=1S/C11H21NO4/c1-7(6-12)10(15)16-8(9(13)14)5-11(2,3)4/h7-8H,5-6,12H2,1-4H3,(H,13,14). The number of carboxylic acids is 1. The topological polar surface area (TPSA) is 89.6 Å². The van der Waals surface area contributed by atoms with Crippen LogP contribution in [0.1, 0.15) is 34.1 Å². The Morgan fingerprint density at radius 1 is 1.38 bits per heavy atom. The molecule has 0 bridgehead atoms. The molecule has 0 radical (unpaired) electrons. The number of carbonyl (C=O) groups excluding carboxylic acids is 1. The van der Waals surface area contributed by atoms with E-state index in [0.29, 0.717) is 0 Å². The molecule has 0 heterocycles. The van der Waals surface area contributed by atoms with Gasteiger partial charge in [-0.3, -0.25) is 4.79 Å². The molecule has 0 aromatic rings. The van der Waals surface area contributed by atoms with Gasteiger partial charge in [-0.05, 0) is 5.41 Å². The largest absolute Gasteiger partial charge is 0.479 e. The first kappa shape index (κ1) is 14.9. The third kappa shape index (κ3) is 5.70. The van der Waals surface area contributed by atoms with Crippen LogP contribution in [0.4, 0.5) is 0 Å². The summed E-state index contributed by atoms with van der Waals surface area (Å²) < 4.78 is 4.92. The summed E-state index contributed by atoms with van der Waals surface area (Å²) in [6.45, 7) is 7.44. The smallest absolute Gasteiger partial charge is 0.345 e. The van der Waals surface area contributed by atoms with Gasteiger partial charge in [0.1, 0.15) is 0 Å². The van der Waals surface area contributed by atoms with Crippen molar-refractivity contribution < 1.29 is 19.4 Å². The lowest BCUT2D eigenvalue weighted by Gasteiger charge is -2.24. The fourth-order valence-electron chi connectivity index (χ4n) is 1.09. The van der Waals surface area contributed by atoms with Gasteiger partial charge in [-0.25, -0.2) is 4.79 Å². The number of carboxylic acid groups (broad SMARTS) is 1. The molecule has 0 saturated heterocycles. The molecule has 2 unspecified atom stereocenters. The van der Waals surface area contributed by atoms with Gasteiger partial charge in [-0.15, -0.1) is 0 Å². The molecule has 5 heteroatoms. The molecule has 0 spiro atoms. The maximum atomic E-state index is 11.4. The molecule has 0 aromatic heterocycles. The number of hydrogen-bond acceptors (Lipinski definition) is 4. The Balaban J connectivity index is 4.47. The zero-order chi connectivity index (χ0) is 12.9. The van der Waals surface area contributed by atoms with Crippen molar-refractivity contribution >= 4 is 11.9 Å². The molecule has 16 heavy (non-hydrogen) atoms. The highest BCUT2D eigenvalue weighted by Gasteiger charge is 2.29. The monoisotopic (exact) mass is 231 g/mol. The Morgan fingerprint density at radius 2 is 1.88 bits per heavy atom. The molecule has 0 fully saturated rings. The number of aliphatic carboxylic acids is 1. The lowest BCUT2D eigenvalue weighted by Crippen LogP contribution is -2.34. The number of rotatable bonds is 5. The van der Waals surface area contributed by atoms with Crippen molar-refractivity contribution in [1.29, 1.82) is 0 Å². The van der Waals surface area contributed by atoms with Gasteiger partial charge in [0.15, 0.2) is 6.10 Å². The van der Waals surface area contributed by atoms with E-state index in [1.54, 1.807) is 6.92 Å². The number of esters is 1. The van der Waals surface area contributed by atoms with Crippen LogP contribution in [0.5, 0.6) is 0 Å². The summed E-state index contributed by atoms with van der Waals surface area (Å²) >= 11 is 0. The van der Waals surface area contributed by atoms with Crippen molar-refractivity contribution in [2.75, 3.05) is 6.54 Å². The van der Waals surface area contributed by atoms with Gasteiger partial charge in [-0.2, -0.15) is 0 Å². The number of carbonyl (C=O) groups is 2. The molecule has 0 aliphatic carbocycles. The van der Waals surface area contributed by atoms with E-state index >= 15 is 0 Å². The summed E-state index contributed by atoms with van der Waals surface area (Å²) in [5.74, 6) is -2.14. The molecule has 0 aromatic carbocycles. The second kappa shape index (κ2) is 5.84. The van der Waals surface area contributed by atoms with Gasteiger partial charge in [0.05, 0.1) is 5.92 Å². The number of nitrogens with two attached hydrogens (primary N) is 1. The van der Waals surface area contributed by atoms with Crippen molar-refractivity contribution in [2.45, 2.75) is 40.2 Å². The van der Waals surface area contributed by atoms with E-state index in [4.69, 9.17) is 15.6 Å². The van der Waals surface area contributed by atoms with Crippen LogP contribution in [0.15, 0.2) is 0 Å². The van der Waals surface area contributed by atoms with Crippen molar-refractivity contribution in [1.82, 2.24) is 0 Å². The fourth-order valence-corrected chi connectivity index (χ4v) is 1.09. The minimum absolute atomic E-state index is 0.153. The highest BCUT2D eigenvalue weighted by atomic mass is 16.6. The average Bonchev–Trinajstić information content (AvgIpc) is 2.13. The third-order valence-corrected chi connectivity index (χ3v) is 2.09. The average molecular weight is 231 g/mol. The van der Waals surface area contributed by atoms with E-state index in [1.807, 2.05) is 20.8 Å². The normalized spacial score (nSPS) is 15.3. The molecule has 3 N–H and O–H groups in total. The SMILES string of the molecule is CC(CN)C(=O)OC(CC(C)(C)C)C(=O)O. The van der Waals surface area contributed by atoms with E-state index < -0.39 is 24.0 Å². The predicted molar refractivity (Wildman–Crippen MR) is 59.8 cm³/mol. The van der Waals surface area contributed by atoms with Crippen LogP contribution >= 0.6 is 0 Å². The van der Waals surface area contributed by atoms with E-state index in [0.717, 1.165) is 0 Å². The van der Waals surface area contributed by atoms with E-state index in [9.17, 15) is 9.59 Å². The van der Waals surface area contributed by atoms with Gasteiger partial charge in [0.2, 0.25) is 0 Å². The second-order valence-corrected chi connectivity index (χ2v) is 5.17. The van der Waals surface area contributed by atoms with Crippen LogP contribution in [0.25, 0.3) is 0 Å². The minimum atomic E-state index is -1.12. The lowest BCUT2D eigenvalue weighted by molar-refractivity contribution is -0.168. The van der Waals surface area contributed by atoms with Crippen molar-refractivity contribution in [2.24, 2.45) is 17.1 Å². The van der Waals surface area contributed by atoms with Crippen LogP contribution in [-0.4, -0.2) is 29.7 Å². The van der Waals surface area contributed by atoms with Crippen molar-refractivity contribution in [3.8, 4) is 0 Å². The maximum Gasteiger partial charge on any atom is 0.345 e. The molecule has 0 amide bonds. The van der Waals surface area contributed by atoms with Gasteiger partial charge in [-0.1, -0.05) is 27.7 Å². The van der Waals surface area contributed by atoms with Crippen LogP contribution in [0.2, 0.25) is 0 Å². The Morgan fingerprint density at radius 3 is 2.19 bits per heavy atom. The summed E-state index contributed by atoms with van der Waals surface area (Å²) in [6, 6.07) is 0. The zero-order valence-electron chi connectivity index (χ0n) is 10.3. The summed E-state index contributed by atoms with van der Waals surface area (Å²) in [4.78, 5) is 22.3. The molecule has 5 nitrogen and oxygen atoms in total. The summed E-state index contributed by atoms with van der Waals surface area (Å²) in [5, 5.41) is 8.93. The van der Waals surface area contributed by atoms with Crippen LogP contribution in [0.3, 0.4) is 0 Å². The minimum Gasteiger partial charge on any atom is -0.479 e. The first-order chi connectivity index (χ1) is 7.17. The first-order valence-electron chi connectivity index (χ1n) is 5.30. The summed E-state index contributed by atoms with van der Waals surface area (Å²) in [6.07, 6.45) is -0.813. The Hall–Kier alpha value is -1.10. The Kier molecular flexibility index (Phi) is 5.44. The van der Waals surface area contributed by atoms with Crippen molar-refractivity contribution in [3.05, 3.63) is 0 Å². The molecule has 0 aliphatic rings. The molecule has 94 valence electrons. The van der Waals surface area contributed by atoms with Gasteiger partial charge < -0.3 is 15.6 Å². The van der Waals surface area contributed by atoms with E-state index in [2.05, 4.69) is 0 Å². The highest BCUT2D eigenvalue weighted by Crippen LogP contribution is 2.23. The highest BCUT2D eigenvalue weighted by molar-refractivity contribution is 5.79. The van der Waals surface area contributed by atoms with Gasteiger partial charge in [0.25, 0.3) is 0 Å². The van der Waals surface area contributed by atoms with Crippen molar-refractivity contribution in [3.63, 3.8) is 0 Å².